The molecule has 2 aromatic rings. The second kappa shape index (κ2) is 7.38. The van der Waals surface area contributed by atoms with Crippen molar-refractivity contribution in [1.29, 1.82) is 0 Å². The molecular weight excluding hydrogens is 376 g/mol. The molecule has 1 fully saturated rings. The van der Waals surface area contributed by atoms with Gasteiger partial charge in [-0.25, -0.2) is 17.2 Å². The number of carbonyl (C=O) groups excluding carboxylic acids is 1. The van der Waals surface area contributed by atoms with Crippen LogP contribution in [0.5, 0.6) is 0 Å². The molecule has 1 saturated carbocycles. The number of carbonyl (C=O) groups is 1. The maximum Gasteiger partial charge on any atom is 0.236 e. The lowest BCUT2D eigenvalue weighted by molar-refractivity contribution is -0.121. The third kappa shape index (κ3) is 4.52. The Balaban J connectivity index is 1.79. The lowest BCUT2D eigenvalue weighted by Gasteiger charge is -2.28. The topological polar surface area (TPSA) is 81.1 Å². The van der Waals surface area contributed by atoms with Crippen molar-refractivity contribution in [3.05, 3.63) is 47.7 Å². The number of amides is 1. The molecule has 6 nitrogen and oxygen atoms in total. The van der Waals surface area contributed by atoms with Crippen molar-refractivity contribution in [2.24, 2.45) is 0 Å². The van der Waals surface area contributed by atoms with Crippen LogP contribution in [0.1, 0.15) is 31.2 Å². The normalized spacial score (nSPS) is 16.4. The molecule has 1 aromatic carbocycles. The van der Waals surface area contributed by atoms with Crippen LogP contribution < -0.4 is 5.32 Å². The Morgan fingerprint density at radius 1 is 1.22 bits per heavy atom. The number of rotatable bonds is 6. The average molecular weight is 397 g/mol. The minimum absolute atomic E-state index is 0.0609. The number of halogens is 2. The van der Waals surface area contributed by atoms with Crippen molar-refractivity contribution in [2.75, 3.05) is 17.3 Å². The summed E-state index contributed by atoms with van der Waals surface area (Å²) < 4.78 is 51.3. The smallest absolute Gasteiger partial charge is 0.236 e. The highest BCUT2D eigenvalue weighted by molar-refractivity contribution is 7.90. The molecular formula is C18H21F2N3O3S. The predicted octanol–water partition coefficient (Wildman–Crippen LogP) is 2.66. The van der Waals surface area contributed by atoms with Gasteiger partial charge in [0.2, 0.25) is 5.91 Å². The molecule has 9 heteroatoms. The van der Waals surface area contributed by atoms with Gasteiger partial charge in [0.25, 0.3) is 0 Å². The quantitative estimate of drug-likeness (QED) is 0.813. The monoisotopic (exact) mass is 397 g/mol. The van der Waals surface area contributed by atoms with E-state index in [1.165, 1.54) is 16.8 Å². The van der Waals surface area contributed by atoms with Gasteiger partial charge in [-0.1, -0.05) is 12.8 Å². The summed E-state index contributed by atoms with van der Waals surface area (Å²) in [5.41, 5.74) is -0.675. The Hall–Kier alpha value is -2.29. The first-order valence-corrected chi connectivity index (χ1v) is 10.7. The molecule has 1 aliphatic carbocycles. The SMILES string of the molecule is CS(=O)(=O)CCn1ccc(NC(=O)C2(c3cc(F)cc(F)c3)CCCC2)n1. The van der Waals surface area contributed by atoms with Gasteiger partial charge in [0.15, 0.2) is 5.82 Å². The van der Waals surface area contributed by atoms with Crippen molar-refractivity contribution < 1.29 is 22.0 Å². The molecule has 0 saturated heterocycles. The number of anilines is 1. The van der Waals surface area contributed by atoms with E-state index >= 15 is 0 Å². The Morgan fingerprint density at radius 2 is 1.85 bits per heavy atom. The Morgan fingerprint density at radius 3 is 2.44 bits per heavy atom. The van der Waals surface area contributed by atoms with Gasteiger partial charge in [0.1, 0.15) is 21.5 Å². The zero-order valence-corrected chi connectivity index (χ0v) is 15.7. The number of sulfone groups is 1. The summed E-state index contributed by atoms with van der Waals surface area (Å²) >= 11 is 0. The minimum Gasteiger partial charge on any atom is -0.308 e. The highest BCUT2D eigenvalue weighted by atomic mass is 32.2. The minimum atomic E-state index is -3.12. The average Bonchev–Trinajstić information content (AvgIpc) is 3.21. The molecule has 3 rings (SSSR count). The molecule has 1 N–H and O–H groups in total. The molecule has 27 heavy (non-hydrogen) atoms. The maximum atomic E-state index is 13.7. The highest BCUT2D eigenvalue weighted by Gasteiger charge is 2.43. The first-order valence-electron chi connectivity index (χ1n) is 8.67. The summed E-state index contributed by atoms with van der Waals surface area (Å²) in [7, 11) is -3.12. The first kappa shape index (κ1) is 19.5. The van der Waals surface area contributed by atoms with Gasteiger partial charge in [-0.05, 0) is 30.5 Å². The number of aromatic nitrogens is 2. The molecule has 0 unspecified atom stereocenters. The fraction of sp³-hybridized carbons (Fsp3) is 0.444. The summed E-state index contributed by atoms with van der Waals surface area (Å²) in [6, 6.07) is 4.76. The van der Waals surface area contributed by atoms with Gasteiger partial charge in [-0.3, -0.25) is 9.48 Å². The molecule has 1 aliphatic rings. The van der Waals surface area contributed by atoms with Crippen LogP contribution in [0.2, 0.25) is 0 Å². The van der Waals surface area contributed by atoms with Gasteiger partial charge >= 0.3 is 0 Å². The Kier molecular flexibility index (Phi) is 5.32. The van der Waals surface area contributed by atoms with Crippen LogP contribution in [0.25, 0.3) is 0 Å². The second-order valence-electron chi connectivity index (χ2n) is 7.00. The van der Waals surface area contributed by atoms with Crippen molar-refractivity contribution in [3.63, 3.8) is 0 Å². The Bertz CT molecular complexity index is 930. The summed E-state index contributed by atoms with van der Waals surface area (Å²) in [5.74, 6) is -1.58. The fourth-order valence-electron chi connectivity index (χ4n) is 3.50. The van der Waals surface area contributed by atoms with E-state index in [1.54, 1.807) is 12.3 Å². The van der Waals surface area contributed by atoms with Gasteiger partial charge in [0, 0.05) is 24.6 Å². The van der Waals surface area contributed by atoms with Crippen LogP contribution in [0.3, 0.4) is 0 Å². The molecule has 1 heterocycles. The van der Waals surface area contributed by atoms with Crippen LogP contribution in [0.15, 0.2) is 30.5 Å². The third-order valence-corrected chi connectivity index (χ3v) is 5.80. The van der Waals surface area contributed by atoms with Crippen molar-refractivity contribution >= 4 is 21.6 Å². The Labute approximate surface area is 156 Å². The lowest BCUT2D eigenvalue weighted by atomic mass is 9.78. The molecule has 1 amide bonds. The number of nitrogens with zero attached hydrogens (tertiary/aromatic N) is 2. The molecule has 0 bridgehead atoms. The lowest BCUT2D eigenvalue weighted by Crippen LogP contribution is -2.38. The largest absolute Gasteiger partial charge is 0.308 e. The van der Waals surface area contributed by atoms with Crippen LogP contribution in [0.4, 0.5) is 14.6 Å². The van der Waals surface area contributed by atoms with Crippen molar-refractivity contribution in [1.82, 2.24) is 9.78 Å². The zero-order chi connectivity index (χ0) is 19.7. The number of nitrogens with one attached hydrogen (secondary N) is 1. The molecule has 0 radical (unpaired) electrons. The summed E-state index contributed by atoms with van der Waals surface area (Å²) in [5, 5.41) is 6.87. The molecule has 146 valence electrons. The van der Waals surface area contributed by atoms with E-state index in [-0.39, 0.29) is 24.0 Å². The van der Waals surface area contributed by atoms with Crippen LogP contribution in [0, 0.1) is 11.6 Å². The zero-order valence-electron chi connectivity index (χ0n) is 14.9. The summed E-state index contributed by atoms with van der Waals surface area (Å²) in [6.45, 7) is 0.176. The fourth-order valence-corrected chi connectivity index (χ4v) is 4.02. The van der Waals surface area contributed by atoms with Crippen molar-refractivity contribution in [2.45, 2.75) is 37.6 Å². The molecule has 0 spiro atoms. The number of aryl methyl sites for hydroxylation is 1. The number of hydrogen-bond acceptors (Lipinski definition) is 4. The van der Waals surface area contributed by atoms with Crippen molar-refractivity contribution in [3.8, 4) is 0 Å². The van der Waals surface area contributed by atoms with E-state index in [4.69, 9.17) is 0 Å². The van der Waals surface area contributed by atoms with E-state index in [0.717, 1.165) is 25.2 Å². The van der Waals surface area contributed by atoms with Gasteiger partial charge in [-0.15, -0.1) is 0 Å². The van der Waals surface area contributed by atoms with Gasteiger partial charge in [-0.2, -0.15) is 5.10 Å². The number of hydrogen-bond donors (Lipinski definition) is 1. The van der Waals surface area contributed by atoms with Crippen LogP contribution in [-0.2, 0) is 26.6 Å². The maximum absolute atomic E-state index is 13.7. The molecule has 0 aliphatic heterocycles. The van der Waals surface area contributed by atoms with E-state index < -0.39 is 26.9 Å². The van der Waals surface area contributed by atoms with E-state index in [1.807, 2.05) is 0 Å². The predicted molar refractivity (Wildman–Crippen MR) is 97.1 cm³/mol. The third-order valence-electron chi connectivity index (χ3n) is 4.88. The van der Waals surface area contributed by atoms with Crippen LogP contribution >= 0.6 is 0 Å². The molecule has 1 aromatic heterocycles. The first-order chi connectivity index (χ1) is 12.7. The van der Waals surface area contributed by atoms with Crippen LogP contribution in [-0.4, -0.2) is 36.1 Å². The van der Waals surface area contributed by atoms with Gasteiger partial charge < -0.3 is 5.32 Å². The summed E-state index contributed by atoms with van der Waals surface area (Å²) in [4.78, 5) is 13.0. The van der Waals surface area contributed by atoms with E-state index in [0.29, 0.717) is 18.4 Å². The van der Waals surface area contributed by atoms with E-state index in [2.05, 4.69) is 10.4 Å². The summed E-state index contributed by atoms with van der Waals surface area (Å²) in [6.07, 6.45) is 5.28. The second-order valence-corrected chi connectivity index (χ2v) is 9.26. The van der Waals surface area contributed by atoms with E-state index in [9.17, 15) is 22.0 Å². The number of benzene rings is 1. The van der Waals surface area contributed by atoms with Gasteiger partial charge in [0.05, 0.1) is 17.7 Å². The molecule has 0 atom stereocenters. The standard InChI is InChI=1S/C18H21F2N3O3S/c1-27(25,26)9-8-23-7-4-16(22-23)21-17(24)18(5-2-3-6-18)13-10-14(19)12-15(20)11-13/h4,7,10-12H,2-3,5-6,8-9H2,1H3,(H,21,22,24). The highest BCUT2D eigenvalue weighted by Crippen LogP contribution is 2.42.